The van der Waals surface area contributed by atoms with Crippen molar-refractivity contribution in [2.75, 3.05) is 16.8 Å². The number of anilines is 1. The summed E-state index contributed by atoms with van der Waals surface area (Å²) in [6, 6.07) is 17.7. The van der Waals surface area contributed by atoms with Gasteiger partial charge in [0.15, 0.2) is 5.78 Å². The highest BCUT2D eigenvalue weighted by molar-refractivity contribution is 8.00. The Bertz CT molecular complexity index is 691. The van der Waals surface area contributed by atoms with E-state index in [0.717, 1.165) is 5.69 Å². The Morgan fingerprint density at radius 1 is 1.00 bits per heavy atom. The van der Waals surface area contributed by atoms with Gasteiger partial charge < -0.3 is 5.32 Å². The normalized spacial score (nSPS) is 9.77. The van der Waals surface area contributed by atoms with Gasteiger partial charge in [0.25, 0.3) is 0 Å². The van der Waals surface area contributed by atoms with Crippen LogP contribution in [0.15, 0.2) is 54.6 Å². The van der Waals surface area contributed by atoms with Crippen LogP contribution in [-0.4, -0.2) is 23.2 Å². The fraction of sp³-hybridized carbons (Fsp3) is 0.118. The minimum Gasteiger partial charge on any atom is -0.325 e. The zero-order valence-corrected chi connectivity index (χ0v) is 12.6. The average Bonchev–Trinajstić information content (AvgIpc) is 2.55. The summed E-state index contributed by atoms with van der Waals surface area (Å²) in [6.07, 6.45) is 0. The minimum atomic E-state index is -0.135. The maximum absolute atomic E-state index is 11.9. The molecular weight excluding hydrogens is 296 g/mol. The van der Waals surface area contributed by atoms with Crippen molar-refractivity contribution in [1.29, 1.82) is 5.26 Å². The van der Waals surface area contributed by atoms with E-state index < -0.39 is 0 Å². The van der Waals surface area contributed by atoms with Crippen LogP contribution in [-0.2, 0) is 4.79 Å². The molecule has 2 aromatic rings. The van der Waals surface area contributed by atoms with Crippen molar-refractivity contribution >= 4 is 29.1 Å². The number of carbonyl (C=O) groups is 2. The summed E-state index contributed by atoms with van der Waals surface area (Å²) in [5.41, 5.74) is 1.81. The molecule has 0 aliphatic carbocycles. The smallest absolute Gasteiger partial charge is 0.234 e. The summed E-state index contributed by atoms with van der Waals surface area (Å²) in [6.45, 7) is 0. The van der Waals surface area contributed by atoms with Crippen molar-refractivity contribution in [3.63, 3.8) is 0 Å². The molecule has 110 valence electrons. The summed E-state index contributed by atoms with van der Waals surface area (Å²) in [5.74, 6) is 0.260. The quantitative estimate of drug-likeness (QED) is 0.832. The minimum absolute atomic E-state index is 0.0537. The molecule has 0 unspecified atom stereocenters. The topological polar surface area (TPSA) is 70.0 Å². The number of hydrogen-bond acceptors (Lipinski definition) is 4. The van der Waals surface area contributed by atoms with Gasteiger partial charge in [-0.05, 0) is 24.3 Å². The van der Waals surface area contributed by atoms with E-state index in [2.05, 4.69) is 5.32 Å². The largest absolute Gasteiger partial charge is 0.325 e. The molecule has 2 rings (SSSR count). The molecular formula is C17H14N2O2S. The maximum atomic E-state index is 11.9. The van der Waals surface area contributed by atoms with Crippen LogP contribution in [0.5, 0.6) is 0 Å². The third-order valence-corrected chi connectivity index (χ3v) is 3.79. The summed E-state index contributed by atoms with van der Waals surface area (Å²) in [4.78, 5) is 23.7. The van der Waals surface area contributed by atoms with Crippen LogP contribution in [0.4, 0.5) is 5.69 Å². The van der Waals surface area contributed by atoms with Crippen LogP contribution in [0.25, 0.3) is 0 Å². The number of Topliss-reactive ketones (excluding diaryl/α,β-unsaturated/α-hetero) is 1. The Balaban J connectivity index is 1.77. The van der Waals surface area contributed by atoms with Crippen LogP contribution in [0.3, 0.4) is 0 Å². The number of nitriles is 1. The van der Waals surface area contributed by atoms with Crippen LogP contribution in [0, 0.1) is 11.3 Å². The zero-order valence-electron chi connectivity index (χ0n) is 11.8. The van der Waals surface area contributed by atoms with E-state index in [1.807, 2.05) is 36.4 Å². The fourth-order valence-electron chi connectivity index (χ4n) is 1.77. The van der Waals surface area contributed by atoms with Crippen LogP contribution in [0.2, 0.25) is 0 Å². The molecule has 22 heavy (non-hydrogen) atoms. The summed E-state index contributed by atoms with van der Waals surface area (Å²) in [5, 5.41) is 11.5. The number of rotatable bonds is 6. The van der Waals surface area contributed by atoms with Crippen molar-refractivity contribution in [1.82, 2.24) is 0 Å². The Morgan fingerprint density at radius 2 is 1.68 bits per heavy atom. The molecule has 0 bridgehead atoms. The molecule has 1 N–H and O–H groups in total. The molecule has 0 aliphatic rings. The van der Waals surface area contributed by atoms with Crippen LogP contribution >= 0.6 is 11.8 Å². The molecule has 0 fully saturated rings. The summed E-state index contributed by atoms with van der Waals surface area (Å²) in [7, 11) is 0. The molecule has 0 atom stereocenters. The third kappa shape index (κ3) is 4.76. The predicted octanol–water partition coefficient (Wildman–Crippen LogP) is 3.11. The Kier molecular flexibility index (Phi) is 5.75. The number of amides is 1. The van der Waals surface area contributed by atoms with E-state index in [9.17, 15) is 9.59 Å². The van der Waals surface area contributed by atoms with E-state index >= 15 is 0 Å². The van der Waals surface area contributed by atoms with Gasteiger partial charge in [0.05, 0.1) is 23.1 Å². The second-order valence-electron chi connectivity index (χ2n) is 4.52. The molecule has 0 saturated heterocycles. The molecule has 0 aromatic heterocycles. The average molecular weight is 310 g/mol. The first kappa shape index (κ1) is 15.8. The molecule has 5 heteroatoms. The standard InChI is InChI=1S/C17H14N2O2S/c18-10-13-6-8-14(9-7-13)16(20)11-22-12-17(21)19-15-4-2-1-3-5-15/h1-9H,11-12H2,(H,19,21). The Morgan fingerprint density at radius 3 is 2.32 bits per heavy atom. The number of carbonyl (C=O) groups excluding carboxylic acids is 2. The van der Waals surface area contributed by atoms with Crippen LogP contribution in [0.1, 0.15) is 15.9 Å². The fourth-order valence-corrected chi connectivity index (χ4v) is 2.48. The number of nitrogens with zero attached hydrogens (tertiary/aromatic N) is 1. The first-order chi connectivity index (χ1) is 10.7. The molecule has 4 nitrogen and oxygen atoms in total. The number of hydrogen-bond donors (Lipinski definition) is 1. The van der Waals surface area contributed by atoms with Gasteiger partial charge in [0, 0.05) is 11.3 Å². The Hall–Kier alpha value is -2.58. The van der Waals surface area contributed by atoms with Gasteiger partial charge in [0.2, 0.25) is 5.91 Å². The van der Waals surface area contributed by atoms with Crippen molar-refractivity contribution < 1.29 is 9.59 Å². The lowest BCUT2D eigenvalue weighted by Crippen LogP contribution is -2.15. The van der Waals surface area contributed by atoms with Gasteiger partial charge in [-0.3, -0.25) is 9.59 Å². The molecule has 1 amide bonds. The highest BCUT2D eigenvalue weighted by Gasteiger charge is 2.08. The number of ketones is 1. The van der Waals surface area contributed by atoms with E-state index in [4.69, 9.17) is 5.26 Å². The first-order valence-electron chi connectivity index (χ1n) is 6.65. The molecule has 0 aliphatic heterocycles. The summed E-state index contributed by atoms with van der Waals surface area (Å²) < 4.78 is 0. The second-order valence-corrected chi connectivity index (χ2v) is 5.50. The highest BCUT2D eigenvalue weighted by atomic mass is 32.2. The van der Waals surface area contributed by atoms with E-state index in [-0.39, 0.29) is 23.2 Å². The van der Waals surface area contributed by atoms with Crippen molar-refractivity contribution in [3.8, 4) is 6.07 Å². The lowest BCUT2D eigenvalue weighted by Gasteiger charge is -2.04. The number of thioether (sulfide) groups is 1. The number of benzene rings is 2. The lowest BCUT2D eigenvalue weighted by atomic mass is 10.1. The Labute approximate surface area is 133 Å². The second kappa shape index (κ2) is 8.01. The van der Waals surface area contributed by atoms with Gasteiger partial charge in [-0.2, -0.15) is 5.26 Å². The van der Waals surface area contributed by atoms with Gasteiger partial charge in [0.1, 0.15) is 0 Å². The van der Waals surface area contributed by atoms with Crippen LogP contribution < -0.4 is 5.32 Å². The number of nitrogens with one attached hydrogen (secondary N) is 1. The van der Waals surface area contributed by atoms with Crippen molar-refractivity contribution in [2.24, 2.45) is 0 Å². The molecule has 0 heterocycles. The van der Waals surface area contributed by atoms with Crippen molar-refractivity contribution in [3.05, 3.63) is 65.7 Å². The van der Waals surface area contributed by atoms with E-state index in [0.29, 0.717) is 11.1 Å². The van der Waals surface area contributed by atoms with E-state index in [1.54, 1.807) is 24.3 Å². The van der Waals surface area contributed by atoms with Gasteiger partial charge in [-0.15, -0.1) is 11.8 Å². The van der Waals surface area contributed by atoms with E-state index in [1.165, 1.54) is 11.8 Å². The molecule has 0 saturated carbocycles. The molecule has 0 radical (unpaired) electrons. The van der Waals surface area contributed by atoms with Gasteiger partial charge in [-0.25, -0.2) is 0 Å². The maximum Gasteiger partial charge on any atom is 0.234 e. The number of para-hydroxylation sites is 1. The predicted molar refractivity (Wildman–Crippen MR) is 87.9 cm³/mol. The zero-order chi connectivity index (χ0) is 15.8. The first-order valence-corrected chi connectivity index (χ1v) is 7.80. The third-order valence-electron chi connectivity index (χ3n) is 2.86. The van der Waals surface area contributed by atoms with Gasteiger partial charge >= 0.3 is 0 Å². The summed E-state index contributed by atoms with van der Waals surface area (Å²) >= 11 is 1.27. The highest BCUT2D eigenvalue weighted by Crippen LogP contribution is 2.10. The SMILES string of the molecule is N#Cc1ccc(C(=O)CSCC(=O)Nc2ccccc2)cc1. The molecule has 0 spiro atoms. The monoisotopic (exact) mass is 310 g/mol. The van der Waals surface area contributed by atoms with Gasteiger partial charge in [-0.1, -0.05) is 30.3 Å². The lowest BCUT2D eigenvalue weighted by molar-refractivity contribution is -0.113. The van der Waals surface area contributed by atoms with Crippen molar-refractivity contribution in [2.45, 2.75) is 0 Å². The molecule has 2 aromatic carbocycles.